The number of hydrogen-bond acceptors (Lipinski definition) is 4. The molecular formula is C17H22FN3O4. The first kappa shape index (κ1) is 18.7. The van der Waals surface area contributed by atoms with E-state index in [2.05, 4.69) is 5.32 Å². The average molecular weight is 351 g/mol. The third-order valence-electron chi connectivity index (χ3n) is 3.92. The Labute approximate surface area is 145 Å². The Kier molecular flexibility index (Phi) is 6.32. The van der Waals surface area contributed by atoms with Crippen molar-refractivity contribution in [1.29, 1.82) is 0 Å². The van der Waals surface area contributed by atoms with E-state index >= 15 is 0 Å². The van der Waals surface area contributed by atoms with Crippen molar-refractivity contribution >= 4 is 17.9 Å². The Morgan fingerprint density at radius 2 is 1.84 bits per heavy atom. The van der Waals surface area contributed by atoms with Crippen molar-refractivity contribution in [3.63, 3.8) is 0 Å². The van der Waals surface area contributed by atoms with E-state index in [1.807, 2.05) is 0 Å². The third-order valence-corrected chi connectivity index (χ3v) is 3.92. The van der Waals surface area contributed by atoms with Gasteiger partial charge in [0.15, 0.2) is 0 Å². The van der Waals surface area contributed by atoms with Crippen molar-refractivity contribution in [3.8, 4) is 0 Å². The van der Waals surface area contributed by atoms with Crippen LogP contribution in [0.1, 0.15) is 24.2 Å². The lowest BCUT2D eigenvalue weighted by molar-refractivity contribution is -0.134. The second kappa shape index (κ2) is 8.46. The largest absolute Gasteiger partial charge is 0.450 e. The third kappa shape index (κ3) is 4.91. The Bertz CT molecular complexity index is 645. The SMILES string of the molecule is CCOC(=O)N1CCN(C(=O)[C@H](C)NC(=O)c2cccc(F)c2)CC1. The lowest BCUT2D eigenvalue weighted by Crippen LogP contribution is -2.55. The standard InChI is InChI=1S/C17H22FN3O4/c1-3-25-17(24)21-9-7-20(8-10-21)16(23)12(2)19-15(22)13-5-4-6-14(18)11-13/h4-6,11-12H,3,7-10H2,1-2H3,(H,19,22)/t12-/m0/s1. The van der Waals surface area contributed by atoms with Gasteiger partial charge >= 0.3 is 6.09 Å². The summed E-state index contributed by atoms with van der Waals surface area (Å²) in [5.74, 6) is -1.26. The smallest absolute Gasteiger partial charge is 0.409 e. The molecule has 7 nitrogen and oxygen atoms in total. The lowest BCUT2D eigenvalue weighted by Gasteiger charge is -2.35. The molecule has 2 rings (SSSR count). The van der Waals surface area contributed by atoms with E-state index in [4.69, 9.17) is 4.74 Å². The fourth-order valence-electron chi connectivity index (χ4n) is 2.57. The van der Waals surface area contributed by atoms with Crippen molar-refractivity contribution in [2.24, 2.45) is 0 Å². The van der Waals surface area contributed by atoms with Gasteiger partial charge in [-0.3, -0.25) is 9.59 Å². The minimum Gasteiger partial charge on any atom is -0.450 e. The van der Waals surface area contributed by atoms with Gasteiger partial charge in [0.2, 0.25) is 5.91 Å². The van der Waals surface area contributed by atoms with Gasteiger partial charge in [-0.05, 0) is 32.0 Å². The van der Waals surface area contributed by atoms with Crippen LogP contribution in [0.4, 0.5) is 9.18 Å². The Morgan fingerprint density at radius 1 is 1.20 bits per heavy atom. The Hall–Kier alpha value is -2.64. The van der Waals surface area contributed by atoms with E-state index in [0.717, 1.165) is 6.07 Å². The van der Waals surface area contributed by atoms with Crippen LogP contribution in [0.2, 0.25) is 0 Å². The number of benzene rings is 1. The van der Waals surface area contributed by atoms with E-state index in [-0.39, 0.29) is 17.6 Å². The molecule has 1 saturated heterocycles. The molecule has 1 heterocycles. The first-order valence-corrected chi connectivity index (χ1v) is 8.19. The average Bonchev–Trinajstić information content (AvgIpc) is 2.61. The normalized spacial score (nSPS) is 15.5. The summed E-state index contributed by atoms with van der Waals surface area (Å²) in [5.41, 5.74) is 0.159. The summed E-state index contributed by atoms with van der Waals surface area (Å²) in [7, 11) is 0. The molecule has 0 unspecified atom stereocenters. The summed E-state index contributed by atoms with van der Waals surface area (Å²) >= 11 is 0. The fraction of sp³-hybridized carbons (Fsp3) is 0.471. The van der Waals surface area contributed by atoms with Crippen molar-refractivity contribution in [2.75, 3.05) is 32.8 Å². The van der Waals surface area contributed by atoms with Gasteiger partial charge in [0.1, 0.15) is 11.9 Å². The summed E-state index contributed by atoms with van der Waals surface area (Å²) in [4.78, 5) is 39.3. The van der Waals surface area contributed by atoms with Gasteiger partial charge < -0.3 is 19.9 Å². The summed E-state index contributed by atoms with van der Waals surface area (Å²) in [5, 5.41) is 2.57. The van der Waals surface area contributed by atoms with Gasteiger partial charge in [0.05, 0.1) is 6.61 Å². The van der Waals surface area contributed by atoms with Crippen LogP contribution >= 0.6 is 0 Å². The van der Waals surface area contributed by atoms with E-state index in [1.165, 1.54) is 18.2 Å². The number of nitrogens with zero attached hydrogens (tertiary/aromatic N) is 2. The molecule has 1 fully saturated rings. The molecule has 0 radical (unpaired) electrons. The van der Waals surface area contributed by atoms with E-state index in [1.54, 1.807) is 23.6 Å². The number of nitrogens with one attached hydrogen (secondary N) is 1. The van der Waals surface area contributed by atoms with Crippen molar-refractivity contribution < 1.29 is 23.5 Å². The van der Waals surface area contributed by atoms with Crippen LogP contribution in [-0.4, -0.2) is 66.5 Å². The summed E-state index contributed by atoms with van der Waals surface area (Å²) in [6, 6.07) is 4.53. The molecular weight excluding hydrogens is 329 g/mol. The van der Waals surface area contributed by atoms with E-state index < -0.39 is 17.8 Å². The van der Waals surface area contributed by atoms with Gasteiger partial charge in [0, 0.05) is 31.7 Å². The minimum atomic E-state index is -0.745. The van der Waals surface area contributed by atoms with Crippen molar-refractivity contribution in [1.82, 2.24) is 15.1 Å². The van der Waals surface area contributed by atoms with E-state index in [0.29, 0.717) is 32.8 Å². The maximum atomic E-state index is 13.2. The van der Waals surface area contributed by atoms with Gasteiger partial charge in [-0.1, -0.05) is 6.07 Å². The number of halogens is 1. The molecule has 1 aliphatic heterocycles. The highest BCUT2D eigenvalue weighted by molar-refractivity contribution is 5.97. The lowest BCUT2D eigenvalue weighted by atomic mass is 10.2. The molecule has 1 N–H and O–H groups in total. The molecule has 0 saturated carbocycles. The number of ether oxygens (including phenoxy) is 1. The van der Waals surface area contributed by atoms with Gasteiger partial charge in [-0.15, -0.1) is 0 Å². The predicted octanol–water partition coefficient (Wildman–Crippen LogP) is 1.24. The molecule has 1 aliphatic rings. The number of carbonyl (C=O) groups is 3. The molecule has 0 bridgehead atoms. The van der Waals surface area contributed by atoms with E-state index in [9.17, 15) is 18.8 Å². The molecule has 1 aromatic carbocycles. The number of rotatable bonds is 4. The van der Waals surface area contributed by atoms with Crippen molar-refractivity contribution in [3.05, 3.63) is 35.6 Å². The molecule has 1 atom stereocenters. The van der Waals surface area contributed by atoms with Crippen LogP contribution in [0.15, 0.2) is 24.3 Å². The molecule has 0 aromatic heterocycles. The zero-order chi connectivity index (χ0) is 18.4. The fourth-order valence-corrected chi connectivity index (χ4v) is 2.57. The van der Waals surface area contributed by atoms with Gasteiger partial charge in [-0.2, -0.15) is 0 Å². The molecule has 3 amide bonds. The molecule has 1 aromatic rings. The Morgan fingerprint density at radius 3 is 2.44 bits per heavy atom. The van der Waals surface area contributed by atoms with Crippen LogP contribution in [-0.2, 0) is 9.53 Å². The molecule has 0 spiro atoms. The molecule has 8 heteroatoms. The second-order valence-electron chi connectivity index (χ2n) is 5.72. The van der Waals surface area contributed by atoms with Crippen molar-refractivity contribution in [2.45, 2.75) is 19.9 Å². The van der Waals surface area contributed by atoms with Crippen LogP contribution in [0, 0.1) is 5.82 Å². The summed E-state index contributed by atoms with van der Waals surface area (Å²) in [6.45, 7) is 5.14. The quantitative estimate of drug-likeness (QED) is 0.885. The van der Waals surface area contributed by atoms with Gasteiger partial charge in [-0.25, -0.2) is 9.18 Å². The number of piperazine rings is 1. The maximum Gasteiger partial charge on any atom is 0.409 e. The Balaban J connectivity index is 1.86. The number of hydrogen-bond donors (Lipinski definition) is 1. The number of carbonyl (C=O) groups excluding carboxylic acids is 3. The predicted molar refractivity (Wildman–Crippen MR) is 88.5 cm³/mol. The van der Waals surface area contributed by atoms with Crippen LogP contribution < -0.4 is 5.32 Å². The molecule has 136 valence electrons. The molecule has 25 heavy (non-hydrogen) atoms. The zero-order valence-corrected chi connectivity index (χ0v) is 14.3. The summed E-state index contributed by atoms with van der Waals surface area (Å²) < 4.78 is 18.1. The minimum absolute atomic E-state index is 0.159. The van der Waals surface area contributed by atoms with Crippen LogP contribution in [0.25, 0.3) is 0 Å². The van der Waals surface area contributed by atoms with Crippen LogP contribution in [0.3, 0.4) is 0 Å². The highest BCUT2D eigenvalue weighted by Gasteiger charge is 2.28. The number of amides is 3. The monoisotopic (exact) mass is 351 g/mol. The van der Waals surface area contributed by atoms with Crippen LogP contribution in [0.5, 0.6) is 0 Å². The van der Waals surface area contributed by atoms with Gasteiger partial charge in [0.25, 0.3) is 5.91 Å². The first-order chi connectivity index (χ1) is 11.9. The highest BCUT2D eigenvalue weighted by atomic mass is 19.1. The highest BCUT2D eigenvalue weighted by Crippen LogP contribution is 2.07. The second-order valence-corrected chi connectivity index (χ2v) is 5.72. The summed E-state index contributed by atoms with van der Waals surface area (Å²) in [6.07, 6.45) is -0.387. The topological polar surface area (TPSA) is 79.0 Å². The zero-order valence-electron chi connectivity index (χ0n) is 14.3. The first-order valence-electron chi connectivity index (χ1n) is 8.19. The molecule has 0 aliphatic carbocycles. The maximum absolute atomic E-state index is 13.2.